The molecule has 0 aliphatic carbocycles. The fraction of sp³-hybridized carbons (Fsp3) is 0.231. The summed E-state index contributed by atoms with van der Waals surface area (Å²) in [5.74, 6) is -2.75. The molecule has 0 radical (unpaired) electrons. The molecule has 0 fully saturated rings. The number of hydrogen-bond acceptors (Lipinski definition) is 1. The van der Waals surface area contributed by atoms with E-state index in [4.69, 9.17) is 0 Å². The van der Waals surface area contributed by atoms with Crippen LogP contribution in [0.2, 0.25) is 0 Å². The summed E-state index contributed by atoms with van der Waals surface area (Å²) >= 11 is 0. The van der Waals surface area contributed by atoms with Crippen molar-refractivity contribution in [1.82, 2.24) is 0 Å². The highest BCUT2D eigenvalue weighted by Gasteiger charge is 2.32. The van der Waals surface area contributed by atoms with E-state index in [0.717, 1.165) is 52.9 Å². The fourth-order valence-electron chi connectivity index (χ4n) is 3.97. The van der Waals surface area contributed by atoms with Gasteiger partial charge in [-0.2, -0.15) is 0 Å². The van der Waals surface area contributed by atoms with Gasteiger partial charge in [-0.25, -0.2) is 8.78 Å². The van der Waals surface area contributed by atoms with E-state index in [0.29, 0.717) is 0 Å². The molecule has 0 atom stereocenters. The highest BCUT2D eigenvalue weighted by atomic mass is 19.4. The van der Waals surface area contributed by atoms with Crippen molar-refractivity contribution < 1.29 is 26.7 Å². The Morgan fingerprint density at radius 3 is 2.19 bits per heavy atom. The van der Waals surface area contributed by atoms with Crippen molar-refractivity contribution in [3.8, 4) is 16.9 Å². The van der Waals surface area contributed by atoms with Gasteiger partial charge < -0.3 is 4.74 Å². The van der Waals surface area contributed by atoms with E-state index in [-0.39, 0.29) is 11.1 Å². The van der Waals surface area contributed by atoms with Crippen LogP contribution in [-0.2, 0) is 6.42 Å². The summed E-state index contributed by atoms with van der Waals surface area (Å²) in [6.45, 7) is 2.16. The molecule has 0 bridgehead atoms. The molecule has 4 aromatic carbocycles. The van der Waals surface area contributed by atoms with E-state index in [1.807, 2.05) is 18.2 Å². The van der Waals surface area contributed by atoms with Crippen LogP contribution in [0.4, 0.5) is 22.0 Å². The van der Waals surface area contributed by atoms with Gasteiger partial charge in [-0.1, -0.05) is 56.2 Å². The molecule has 32 heavy (non-hydrogen) atoms. The van der Waals surface area contributed by atoms with Gasteiger partial charge in [0.05, 0.1) is 0 Å². The minimum Gasteiger partial charge on any atom is -0.403 e. The third-order valence-electron chi connectivity index (χ3n) is 5.53. The van der Waals surface area contributed by atoms with Crippen molar-refractivity contribution in [2.24, 2.45) is 0 Å². The first-order chi connectivity index (χ1) is 15.2. The molecule has 4 aromatic rings. The zero-order valence-electron chi connectivity index (χ0n) is 17.4. The van der Waals surface area contributed by atoms with E-state index >= 15 is 0 Å². The molecular formula is C26H21F5O. The molecule has 0 heterocycles. The van der Waals surface area contributed by atoms with Crippen LogP contribution >= 0.6 is 0 Å². The maximum absolute atomic E-state index is 15.0. The zero-order valence-corrected chi connectivity index (χ0v) is 17.4. The minimum atomic E-state index is -5.01. The lowest BCUT2D eigenvalue weighted by atomic mass is 9.95. The lowest BCUT2D eigenvalue weighted by Crippen LogP contribution is -2.17. The van der Waals surface area contributed by atoms with Crippen LogP contribution in [0, 0.1) is 11.6 Å². The molecule has 0 spiro atoms. The zero-order chi connectivity index (χ0) is 22.9. The second-order valence-electron chi connectivity index (χ2n) is 7.82. The maximum atomic E-state index is 15.0. The van der Waals surface area contributed by atoms with Crippen molar-refractivity contribution >= 4 is 21.5 Å². The number of fused-ring (bicyclic) bond motifs is 3. The Morgan fingerprint density at radius 2 is 1.50 bits per heavy atom. The lowest BCUT2D eigenvalue weighted by molar-refractivity contribution is -0.275. The Hall–Kier alpha value is -3.15. The molecule has 0 aromatic heterocycles. The molecule has 1 nitrogen and oxygen atoms in total. The van der Waals surface area contributed by atoms with Crippen molar-refractivity contribution in [2.75, 3.05) is 0 Å². The summed E-state index contributed by atoms with van der Waals surface area (Å²) in [4.78, 5) is 0. The third-order valence-corrected chi connectivity index (χ3v) is 5.53. The van der Waals surface area contributed by atoms with E-state index in [9.17, 15) is 22.0 Å². The monoisotopic (exact) mass is 444 g/mol. The minimum absolute atomic E-state index is 0.102. The number of benzene rings is 4. The van der Waals surface area contributed by atoms with Crippen LogP contribution in [0.25, 0.3) is 32.7 Å². The van der Waals surface area contributed by atoms with Gasteiger partial charge in [0.15, 0.2) is 11.6 Å². The number of halogens is 5. The van der Waals surface area contributed by atoms with Gasteiger partial charge in [-0.15, -0.1) is 13.2 Å². The Balaban J connectivity index is 1.71. The quantitative estimate of drug-likeness (QED) is 0.164. The summed E-state index contributed by atoms with van der Waals surface area (Å²) in [7, 11) is 0. The molecule has 0 amide bonds. The third kappa shape index (κ3) is 4.69. The summed E-state index contributed by atoms with van der Waals surface area (Å²) < 4.78 is 69.8. The number of ether oxygens (including phenoxy) is 1. The molecule has 0 aliphatic rings. The van der Waals surface area contributed by atoms with Crippen LogP contribution in [-0.4, -0.2) is 6.36 Å². The summed E-state index contributed by atoms with van der Waals surface area (Å²) in [6, 6.07) is 15.9. The molecule has 0 aliphatic heterocycles. The molecule has 0 unspecified atom stereocenters. The van der Waals surface area contributed by atoms with Gasteiger partial charge in [0, 0.05) is 5.56 Å². The molecule has 166 valence electrons. The first kappa shape index (κ1) is 22.1. The van der Waals surface area contributed by atoms with Gasteiger partial charge in [-0.3, -0.25) is 0 Å². The second kappa shape index (κ2) is 8.77. The number of aryl methyl sites for hydroxylation is 1. The first-order valence-electron chi connectivity index (χ1n) is 10.5. The topological polar surface area (TPSA) is 9.23 Å². The van der Waals surface area contributed by atoms with Crippen molar-refractivity contribution in [3.63, 3.8) is 0 Å². The van der Waals surface area contributed by atoms with Crippen LogP contribution < -0.4 is 4.74 Å². The summed E-state index contributed by atoms with van der Waals surface area (Å²) in [5.41, 5.74) is 1.47. The van der Waals surface area contributed by atoms with E-state index in [2.05, 4.69) is 23.8 Å². The molecule has 0 saturated carbocycles. The second-order valence-corrected chi connectivity index (χ2v) is 7.82. The number of rotatable bonds is 6. The average Bonchev–Trinajstić information content (AvgIpc) is 2.74. The average molecular weight is 444 g/mol. The van der Waals surface area contributed by atoms with Crippen LogP contribution in [0.15, 0.2) is 60.7 Å². The van der Waals surface area contributed by atoms with Crippen LogP contribution in [0.5, 0.6) is 5.75 Å². The molecule has 0 saturated heterocycles. The van der Waals surface area contributed by atoms with Crippen LogP contribution in [0.3, 0.4) is 0 Å². The highest BCUT2D eigenvalue weighted by Crippen LogP contribution is 2.35. The number of alkyl halides is 3. The number of unbranched alkanes of at least 4 members (excludes halogenated alkanes) is 2. The number of hydrogen-bond donors (Lipinski definition) is 0. The van der Waals surface area contributed by atoms with Crippen molar-refractivity contribution in [2.45, 2.75) is 39.0 Å². The molecular weight excluding hydrogens is 423 g/mol. The Morgan fingerprint density at radius 1 is 0.750 bits per heavy atom. The van der Waals surface area contributed by atoms with Crippen molar-refractivity contribution in [3.05, 3.63) is 77.9 Å². The summed E-state index contributed by atoms with van der Waals surface area (Å²) in [6.07, 6.45) is -0.561. The van der Waals surface area contributed by atoms with Gasteiger partial charge in [0.25, 0.3) is 0 Å². The largest absolute Gasteiger partial charge is 0.573 e. The Bertz CT molecular complexity index is 1280. The van der Waals surface area contributed by atoms with Crippen LogP contribution in [0.1, 0.15) is 31.7 Å². The van der Waals surface area contributed by atoms with E-state index in [1.54, 1.807) is 6.07 Å². The molecule has 4 rings (SSSR count). The standard InChI is InChI=1S/C26H21F5O/c1-2-3-4-5-16-6-10-20-17(12-16)7-8-18-13-22(23(27)15-21(18)20)19-9-11-25(24(28)14-19)32-26(29,30)31/h6-15H,2-5H2,1H3. The van der Waals surface area contributed by atoms with Crippen molar-refractivity contribution in [1.29, 1.82) is 0 Å². The SMILES string of the molecule is CCCCCc1ccc2c(ccc3cc(-c4ccc(OC(F)(F)F)c(F)c4)c(F)cc32)c1. The van der Waals surface area contributed by atoms with E-state index < -0.39 is 23.7 Å². The predicted octanol–water partition coefficient (Wildman–Crippen LogP) is 8.57. The van der Waals surface area contributed by atoms with E-state index in [1.165, 1.54) is 24.1 Å². The predicted molar refractivity (Wildman–Crippen MR) is 117 cm³/mol. The smallest absolute Gasteiger partial charge is 0.403 e. The first-order valence-corrected chi connectivity index (χ1v) is 10.5. The normalized spacial score (nSPS) is 11.9. The summed E-state index contributed by atoms with van der Waals surface area (Å²) in [5, 5.41) is 3.40. The highest BCUT2D eigenvalue weighted by molar-refractivity contribution is 6.08. The Kier molecular flexibility index (Phi) is 6.04. The maximum Gasteiger partial charge on any atom is 0.573 e. The van der Waals surface area contributed by atoms with Gasteiger partial charge in [0.1, 0.15) is 5.82 Å². The van der Waals surface area contributed by atoms with Gasteiger partial charge >= 0.3 is 6.36 Å². The Labute approximate surface area is 182 Å². The fourth-order valence-corrected chi connectivity index (χ4v) is 3.97. The van der Waals surface area contributed by atoms with Gasteiger partial charge in [0.2, 0.25) is 0 Å². The lowest BCUT2D eigenvalue weighted by Gasteiger charge is -2.12. The molecule has 0 N–H and O–H groups in total. The van der Waals surface area contributed by atoms with Gasteiger partial charge in [-0.05, 0) is 69.8 Å². The molecule has 6 heteroatoms.